The van der Waals surface area contributed by atoms with Crippen molar-refractivity contribution in [2.75, 3.05) is 26.7 Å². The number of ether oxygens (including phenoxy) is 1. The second-order valence-corrected chi connectivity index (χ2v) is 7.32. The second kappa shape index (κ2) is 6.64. The van der Waals surface area contributed by atoms with Crippen molar-refractivity contribution in [1.29, 1.82) is 0 Å². The van der Waals surface area contributed by atoms with E-state index in [-0.39, 0.29) is 17.6 Å². The first-order valence-corrected chi connectivity index (χ1v) is 9.13. The molecule has 0 aromatic carbocycles. The molecule has 1 saturated heterocycles. The molecule has 0 unspecified atom stereocenters. The van der Waals surface area contributed by atoms with Gasteiger partial charge in [-0.15, -0.1) is 11.3 Å². The number of hydrogen-bond acceptors (Lipinski definition) is 6. The van der Waals surface area contributed by atoms with E-state index in [0.717, 1.165) is 31.8 Å². The maximum absolute atomic E-state index is 13.1. The Morgan fingerprint density at radius 1 is 1.33 bits per heavy atom. The maximum atomic E-state index is 13.1. The van der Waals surface area contributed by atoms with Crippen LogP contribution >= 0.6 is 11.3 Å². The van der Waals surface area contributed by atoms with Gasteiger partial charge in [-0.1, -0.05) is 0 Å². The number of piperidine rings is 1. The third-order valence-corrected chi connectivity index (χ3v) is 5.85. The molecule has 1 aliphatic rings. The summed E-state index contributed by atoms with van der Waals surface area (Å²) in [6, 6.07) is 0.177. The predicted molar refractivity (Wildman–Crippen MR) is 95.1 cm³/mol. The molecule has 2 aromatic rings. The van der Waals surface area contributed by atoms with E-state index in [1.165, 1.54) is 11.3 Å². The largest absolute Gasteiger partial charge is 0.462 e. The number of aryl methyl sites for hydroxylation is 2. The summed E-state index contributed by atoms with van der Waals surface area (Å²) in [6.45, 7) is 7.73. The van der Waals surface area contributed by atoms with Crippen molar-refractivity contribution in [2.45, 2.75) is 39.7 Å². The predicted octanol–water partition coefficient (Wildman–Crippen LogP) is 2.52. The number of aromatic nitrogens is 2. The monoisotopic (exact) mass is 349 g/mol. The standard InChI is InChI=1S/C17H23N3O3S/c1-5-23-17(22)14-10(2)13-15(24-14)18-11(3)20(16(13)21)12-6-8-19(4)9-7-12/h12H,5-9H2,1-4H3. The molecule has 7 heteroatoms. The second-order valence-electron chi connectivity index (χ2n) is 6.33. The van der Waals surface area contributed by atoms with Gasteiger partial charge in [0.05, 0.1) is 12.0 Å². The van der Waals surface area contributed by atoms with Crippen LogP contribution in [0.4, 0.5) is 0 Å². The molecule has 0 bridgehead atoms. The minimum Gasteiger partial charge on any atom is -0.462 e. The lowest BCUT2D eigenvalue weighted by Gasteiger charge is -2.30. The number of likely N-dealkylation sites (tertiary alicyclic amines) is 1. The lowest BCUT2D eigenvalue weighted by Crippen LogP contribution is -2.36. The highest BCUT2D eigenvalue weighted by molar-refractivity contribution is 7.20. The summed E-state index contributed by atoms with van der Waals surface area (Å²) in [4.78, 5) is 33.2. The molecule has 0 saturated carbocycles. The molecule has 1 fully saturated rings. The fourth-order valence-corrected chi connectivity index (χ4v) is 4.48. The number of thiophene rings is 1. The van der Waals surface area contributed by atoms with Crippen LogP contribution in [0.1, 0.15) is 46.9 Å². The first kappa shape index (κ1) is 17.1. The number of nitrogens with zero attached hydrogens (tertiary/aromatic N) is 3. The molecule has 1 aliphatic heterocycles. The van der Waals surface area contributed by atoms with Gasteiger partial charge >= 0.3 is 5.97 Å². The Labute approximate surface area is 145 Å². The van der Waals surface area contributed by atoms with E-state index in [4.69, 9.17) is 4.74 Å². The van der Waals surface area contributed by atoms with E-state index in [9.17, 15) is 9.59 Å². The molecule has 0 atom stereocenters. The average Bonchev–Trinajstić information content (AvgIpc) is 2.86. The lowest BCUT2D eigenvalue weighted by molar-refractivity contribution is 0.0531. The number of rotatable bonds is 3. The highest BCUT2D eigenvalue weighted by Gasteiger charge is 2.25. The van der Waals surface area contributed by atoms with Gasteiger partial charge in [-0.05, 0) is 59.3 Å². The van der Waals surface area contributed by atoms with Crippen LogP contribution in [0.2, 0.25) is 0 Å². The molecule has 0 N–H and O–H groups in total. The van der Waals surface area contributed by atoms with Crippen molar-refractivity contribution in [1.82, 2.24) is 14.5 Å². The molecule has 0 spiro atoms. The van der Waals surface area contributed by atoms with Crippen molar-refractivity contribution >= 4 is 27.5 Å². The Kier molecular flexibility index (Phi) is 4.73. The quantitative estimate of drug-likeness (QED) is 0.797. The Balaban J connectivity index is 2.11. The van der Waals surface area contributed by atoms with Crippen molar-refractivity contribution in [3.05, 3.63) is 26.6 Å². The fourth-order valence-electron chi connectivity index (χ4n) is 3.37. The smallest absolute Gasteiger partial charge is 0.348 e. The Hall–Kier alpha value is -1.73. The average molecular weight is 349 g/mol. The summed E-state index contributed by atoms with van der Waals surface area (Å²) in [6.07, 6.45) is 1.89. The van der Waals surface area contributed by atoms with Crippen molar-refractivity contribution < 1.29 is 9.53 Å². The Bertz CT molecular complexity index is 832. The van der Waals surface area contributed by atoms with Gasteiger partial charge in [-0.2, -0.15) is 0 Å². The molecule has 0 amide bonds. The van der Waals surface area contributed by atoms with Crippen LogP contribution in [0.25, 0.3) is 10.2 Å². The van der Waals surface area contributed by atoms with Crippen LogP contribution in [0.3, 0.4) is 0 Å². The van der Waals surface area contributed by atoms with Gasteiger partial charge in [-0.25, -0.2) is 9.78 Å². The number of hydrogen-bond donors (Lipinski definition) is 0. The minimum absolute atomic E-state index is 0.0312. The summed E-state index contributed by atoms with van der Waals surface area (Å²) < 4.78 is 6.92. The third-order valence-electron chi connectivity index (χ3n) is 4.69. The first-order valence-electron chi connectivity index (χ1n) is 8.32. The summed E-state index contributed by atoms with van der Waals surface area (Å²) in [5.74, 6) is 0.347. The molecule has 2 aromatic heterocycles. The van der Waals surface area contributed by atoms with Crippen molar-refractivity contribution in [2.24, 2.45) is 0 Å². The summed E-state index contributed by atoms with van der Waals surface area (Å²) in [5.41, 5.74) is 0.656. The summed E-state index contributed by atoms with van der Waals surface area (Å²) >= 11 is 1.25. The highest BCUT2D eigenvalue weighted by atomic mass is 32.1. The normalized spacial score (nSPS) is 16.7. The van der Waals surface area contributed by atoms with E-state index in [1.807, 2.05) is 18.4 Å². The van der Waals surface area contributed by atoms with Gasteiger partial charge < -0.3 is 9.64 Å². The summed E-state index contributed by atoms with van der Waals surface area (Å²) in [5, 5.41) is 0.563. The van der Waals surface area contributed by atoms with Crippen LogP contribution in [-0.2, 0) is 4.74 Å². The SMILES string of the molecule is CCOC(=O)c1sc2nc(C)n(C3CCN(C)CC3)c(=O)c2c1C. The molecule has 130 valence electrons. The molecule has 3 heterocycles. The Morgan fingerprint density at radius 2 is 2.00 bits per heavy atom. The van der Waals surface area contributed by atoms with Crippen LogP contribution in [0, 0.1) is 13.8 Å². The number of carbonyl (C=O) groups is 1. The minimum atomic E-state index is -0.374. The molecular formula is C17H23N3O3S. The van der Waals surface area contributed by atoms with Crippen molar-refractivity contribution in [3.8, 4) is 0 Å². The summed E-state index contributed by atoms with van der Waals surface area (Å²) in [7, 11) is 2.10. The fraction of sp³-hybridized carbons (Fsp3) is 0.588. The lowest BCUT2D eigenvalue weighted by atomic mass is 10.0. The van der Waals surface area contributed by atoms with Crippen LogP contribution in [0.5, 0.6) is 0 Å². The van der Waals surface area contributed by atoms with Gasteiger partial charge in [0.25, 0.3) is 5.56 Å². The number of fused-ring (bicyclic) bond motifs is 1. The first-order chi connectivity index (χ1) is 11.4. The van der Waals surface area contributed by atoms with E-state index in [1.54, 1.807) is 6.92 Å². The van der Waals surface area contributed by atoms with Gasteiger partial charge in [0.15, 0.2) is 0 Å². The maximum Gasteiger partial charge on any atom is 0.348 e. The topological polar surface area (TPSA) is 64.4 Å². The van der Waals surface area contributed by atoms with Gasteiger partial charge in [0.2, 0.25) is 0 Å². The van der Waals surface area contributed by atoms with E-state index in [2.05, 4.69) is 16.9 Å². The number of carbonyl (C=O) groups excluding carboxylic acids is 1. The van der Waals surface area contributed by atoms with E-state index >= 15 is 0 Å². The molecule has 6 nitrogen and oxygen atoms in total. The Morgan fingerprint density at radius 3 is 2.62 bits per heavy atom. The van der Waals surface area contributed by atoms with Crippen LogP contribution < -0.4 is 5.56 Å². The van der Waals surface area contributed by atoms with Gasteiger partial charge in [0, 0.05) is 6.04 Å². The van der Waals surface area contributed by atoms with Crippen molar-refractivity contribution in [3.63, 3.8) is 0 Å². The zero-order chi connectivity index (χ0) is 17.4. The van der Waals surface area contributed by atoms with Crippen LogP contribution in [-0.4, -0.2) is 47.2 Å². The van der Waals surface area contributed by atoms with Gasteiger partial charge in [0.1, 0.15) is 15.5 Å². The van der Waals surface area contributed by atoms with E-state index in [0.29, 0.717) is 27.3 Å². The number of esters is 1. The highest BCUT2D eigenvalue weighted by Crippen LogP contribution is 2.30. The van der Waals surface area contributed by atoms with Gasteiger partial charge in [-0.3, -0.25) is 9.36 Å². The molecule has 0 radical (unpaired) electrons. The zero-order valence-corrected chi connectivity index (χ0v) is 15.4. The van der Waals surface area contributed by atoms with Crippen LogP contribution in [0.15, 0.2) is 4.79 Å². The molecule has 24 heavy (non-hydrogen) atoms. The molecule has 3 rings (SSSR count). The third kappa shape index (κ3) is 2.86. The van der Waals surface area contributed by atoms with E-state index < -0.39 is 0 Å². The molecular weight excluding hydrogens is 326 g/mol. The zero-order valence-electron chi connectivity index (χ0n) is 14.6. The molecule has 0 aliphatic carbocycles.